The van der Waals surface area contributed by atoms with Crippen LogP contribution in [0.4, 0.5) is 0 Å². The van der Waals surface area contributed by atoms with Crippen LogP contribution in [0.1, 0.15) is 0 Å². The van der Waals surface area contributed by atoms with E-state index in [0.717, 1.165) is 0 Å². The number of ether oxygens (including phenoxy) is 3. The molecule has 0 bridgehead atoms. The summed E-state index contributed by atoms with van der Waals surface area (Å²) < 4.78 is 15.1. The quantitative estimate of drug-likeness (QED) is 0.228. The van der Waals surface area contributed by atoms with Crippen molar-refractivity contribution in [2.24, 2.45) is 0 Å². The molecule has 11 nitrogen and oxygen atoms in total. The third-order valence-corrected chi connectivity index (χ3v) is 4.04. The smallest absolute Gasteiger partial charge is 0.226 e. The molecule has 2 heterocycles. The average Bonchev–Trinajstić information content (AvgIpc) is 2.53. The van der Waals surface area contributed by atoms with Crippen LogP contribution in [-0.4, -0.2) is 115 Å². The zero-order valence-corrected chi connectivity index (χ0v) is 12.0. The lowest BCUT2D eigenvalue weighted by molar-refractivity contribution is -0.418. The maximum Gasteiger partial charge on any atom is 0.226 e. The molecule has 2 rings (SSSR count). The zero-order valence-electron chi connectivity index (χ0n) is 12.0. The minimum atomic E-state index is -2.65. The Labute approximate surface area is 130 Å². The second kappa shape index (κ2) is 7.21. The normalized spacial score (nSPS) is 51.7. The number of aliphatic hydroxyl groups excluding tert-OH is 7. The molecule has 1 unspecified atom stereocenters. The number of aliphatic hydroxyl groups is 8. The van der Waals surface area contributed by atoms with Crippen molar-refractivity contribution in [2.75, 3.05) is 19.8 Å². The fourth-order valence-corrected chi connectivity index (χ4v) is 2.57. The second-order valence-electron chi connectivity index (χ2n) is 5.58. The second-order valence-corrected chi connectivity index (χ2v) is 5.58. The van der Waals surface area contributed by atoms with E-state index in [2.05, 4.69) is 0 Å². The largest absolute Gasteiger partial charge is 0.394 e. The predicted octanol–water partition coefficient (Wildman–Crippen LogP) is -5.40. The number of hydrogen-bond acceptors (Lipinski definition) is 11. The lowest BCUT2D eigenvalue weighted by atomic mass is 9.95. The first-order valence-corrected chi connectivity index (χ1v) is 7.05. The van der Waals surface area contributed by atoms with Gasteiger partial charge in [0.1, 0.15) is 42.7 Å². The van der Waals surface area contributed by atoms with E-state index in [0.29, 0.717) is 0 Å². The molecule has 2 aliphatic rings. The molecule has 9 atom stereocenters. The Morgan fingerprint density at radius 1 is 0.957 bits per heavy atom. The molecule has 0 aliphatic carbocycles. The van der Waals surface area contributed by atoms with Crippen LogP contribution < -0.4 is 0 Å². The van der Waals surface area contributed by atoms with Crippen molar-refractivity contribution in [2.45, 2.75) is 54.8 Å². The van der Waals surface area contributed by atoms with Gasteiger partial charge in [-0.05, 0) is 0 Å². The van der Waals surface area contributed by atoms with E-state index in [1.807, 2.05) is 0 Å². The fraction of sp³-hybridized carbons (Fsp3) is 1.00. The van der Waals surface area contributed by atoms with Crippen molar-refractivity contribution < 1.29 is 55.1 Å². The van der Waals surface area contributed by atoms with Crippen LogP contribution in [0.15, 0.2) is 0 Å². The fourth-order valence-electron chi connectivity index (χ4n) is 2.57. The third-order valence-electron chi connectivity index (χ3n) is 4.04. The van der Waals surface area contributed by atoms with Crippen LogP contribution in [0.2, 0.25) is 0 Å². The average molecular weight is 342 g/mol. The van der Waals surface area contributed by atoms with Crippen LogP contribution in [0.3, 0.4) is 0 Å². The zero-order chi connectivity index (χ0) is 17.4. The van der Waals surface area contributed by atoms with Crippen LogP contribution >= 0.6 is 0 Å². The summed E-state index contributed by atoms with van der Waals surface area (Å²) in [6.07, 6.45) is -13.2. The lowest BCUT2D eigenvalue weighted by Crippen LogP contribution is -2.69. The maximum absolute atomic E-state index is 10.4. The molecule has 0 amide bonds. The van der Waals surface area contributed by atoms with Crippen LogP contribution in [0.25, 0.3) is 0 Å². The van der Waals surface area contributed by atoms with Crippen LogP contribution in [-0.2, 0) is 14.2 Å². The highest BCUT2D eigenvalue weighted by Crippen LogP contribution is 2.32. The minimum Gasteiger partial charge on any atom is -0.394 e. The summed E-state index contributed by atoms with van der Waals surface area (Å²) in [5.74, 6) is -2.65. The summed E-state index contributed by atoms with van der Waals surface area (Å²) in [5, 5.41) is 77.5. The Kier molecular flexibility index (Phi) is 5.92. The third kappa shape index (κ3) is 3.36. The van der Waals surface area contributed by atoms with Crippen molar-refractivity contribution in [3.8, 4) is 0 Å². The summed E-state index contributed by atoms with van der Waals surface area (Å²) in [5.41, 5.74) is 0. The predicted molar refractivity (Wildman–Crippen MR) is 68.6 cm³/mol. The number of hydrogen-bond donors (Lipinski definition) is 8. The maximum atomic E-state index is 10.4. The molecule has 136 valence electrons. The van der Waals surface area contributed by atoms with Gasteiger partial charge in [0.05, 0.1) is 19.8 Å². The summed E-state index contributed by atoms with van der Waals surface area (Å²) in [4.78, 5) is 0. The first-order chi connectivity index (χ1) is 10.8. The van der Waals surface area contributed by atoms with E-state index in [1.165, 1.54) is 0 Å². The Morgan fingerprint density at radius 2 is 1.61 bits per heavy atom. The van der Waals surface area contributed by atoms with Gasteiger partial charge in [-0.1, -0.05) is 0 Å². The monoisotopic (exact) mass is 342 g/mol. The van der Waals surface area contributed by atoms with Gasteiger partial charge in [-0.2, -0.15) is 0 Å². The summed E-state index contributed by atoms with van der Waals surface area (Å²) in [7, 11) is 0. The van der Waals surface area contributed by atoms with Gasteiger partial charge in [0.25, 0.3) is 0 Å². The van der Waals surface area contributed by atoms with E-state index >= 15 is 0 Å². The van der Waals surface area contributed by atoms with Crippen molar-refractivity contribution in [1.29, 1.82) is 0 Å². The first-order valence-electron chi connectivity index (χ1n) is 7.05. The molecule has 11 heteroatoms. The van der Waals surface area contributed by atoms with Gasteiger partial charge < -0.3 is 55.1 Å². The molecule has 2 aliphatic heterocycles. The van der Waals surface area contributed by atoms with Crippen molar-refractivity contribution >= 4 is 0 Å². The Morgan fingerprint density at radius 3 is 2.17 bits per heavy atom. The van der Waals surface area contributed by atoms with Crippen molar-refractivity contribution in [3.63, 3.8) is 0 Å². The Bertz CT molecular complexity index is 389. The molecule has 0 aromatic carbocycles. The molecular formula is C12H22O11. The van der Waals surface area contributed by atoms with Crippen molar-refractivity contribution in [3.05, 3.63) is 0 Å². The molecule has 0 spiro atoms. The molecular weight excluding hydrogens is 320 g/mol. The highest BCUT2D eigenvalue weighted by molar-refractivity contribution is 4.96. The van der Waals surface area contributed by atoms with Gasteiger partial charge in [-0.3, -0.25) is 0 Å². The SMILES string of the molecule is OC[C@H]1OC(O[C@]2(O)[C@H](O)[C@@H](O)CO[C@@H]2CO)[C@H](O)[C@@H](O)[C@@H]1O. The van der Waals surface area contributed by atoms with E-state index in [-0.39, 0.29) is 6.61 Å². The summed E-state index contributed by atoms with van der Waals surface area (Å²) >= 11 is 0. The highest BCUT2D eigenvalue weighted by atomic mass is 16.8. The molecule has 0 radical (unpaired) electrons. The Balaban J connectivity index is 2.20. The van der Waals surface area contributed by atoms with E-state index < -0.39 is 68.0 Å². The molecule has 2 fully saturated rings. The van der Waals surface area contributed by atoms with Crippen molar-refractivity contribution in [1.82, 2.24) is 0 Å². The molecule has 0 aromatic heterocycles. The molecule has 8 N–H and O–H groups in total. The minimum absolute atomic E-state index is 0.368. The standard InChI is InChI=1S/C12H22O11/c13-1-5-7(16)8(17)9(18)11(22-5)23-12(20)6(2-14)21-3-4(15)10(12)19/h4-11,13-20H,1-3H2/t4-,5+,6+,7+,8-,9+,10+,11?,12-/m0/s1. The van der Waals surface area contributed by atoms with Gasteiger partial charge in [0.15, 0.2) is 6.29 Å². The van der Waals surface area contributed by atoms with E-state index in [4.69, 9.17) is 19.3 Å². The molecule has 0 aromatic rings. The van der Waals surface area contributed by atoms with Gasteiger partial charge in [-0.15, -0.1) is 0 Å². The number of rotatable bonds is 4. The topological polar surface area (TPSA) is 190 Å². The Hall–Kier alpha value is -0.440. The van der Waals surface area contributed by atoms with Crippen LogP contribution in [0, 0.1) is 0 Å². The lowest BCUT2D eigenvalue weighted by Gasteiger charge is -2.48. The summed E-state index contributed by atoms with van der Waals surface area (Å²) in [6, 6.07) is 0. The molecule has 23 heavy (non-hydrogen) atoms. The molecule has 0 saturated carbocycles. The summed E-state index contributed by atoms with van der Waals surface area (Å²) in [6.45, 7) is -1.86. The van der Waals surface area contributed by atoms with Gasteiger partial charge in [0.2, 0.25) is 5.79 Å². The van der Waals surface area contributed by atoms with Crippen LogP contribution in [0.5, 0.6) is 0 Å². The molecule has 2 saturated heterocycles. The van der Waals surface area contributed by atoms with Gasteiger partial charge in [0, 0.05) is 0 Å². The van der Waals surface area contributed by atoms with E-state index in [1.54, 1.807) is 0 Å². The highest BCUT2D eigenvalue weighted by Gasteiger charge is 2.56. The van der Waals surface area contributed by atoms with E-state index in [9.17, 15) is 35.7 Å². The first kappa shape index (κ1) is 18.9. The van der Waals surface area contributed by atoms with Gasteiger partial charge >= 0.3 is 0 Å². The van der Waals surface area contributed by atoms with Gasteiger partial charge in [-0.25, -0.2) is 0 Å².